The third-order valence-corrected chi connectivity index (χ3v) is 2.49. The predicted molar refractivity (Wildman–Crippen MR) is 56.3 cm³/mol. The van der Waals surface area contributed by atoms with E-state index in [0.29, 0.717) is 0 Å². The average Bonchev–Trinajstić information content (AvgIpc) is 2.28. The van der Waals surface area contributed by atoms with E-state index in [4.69, 9.17) is 11.6 Å². The molecule has 0 spiro atoms. The smallest absolute Gasteiger partial charge is 0.0643 e. The van der Waals surface area contributed by atoms with Crippen molar-refractivity contribution in [2.75, 3.05) is 0 Å². The Hall–Kier alpha value is -0.500. The largest absolute Gasteiger partial charge is 0.269 e. The molecule has 0 fully saturated rings. The number of hydrogen-bond donors (Lipinski definition) is 0. The Kier molecular flexibility index (Phi) is 3.37. The molecule has 1 atom stereocenters. The summed E-state index contributed by atoms with van der Waals surface area (Å²) >= 11 is 6.07. The lowest BCUT2D eigenvalue weighted by Gasteiger charge is -2.04. The molecule has 0 aromatic carbocycles. The highest BCUT2D eigenvalue weighted by Crippen LogP contribution is 2.26. The standard InChI is InChI=1S/C10H17ClN2/c1-5-6-13-9(4)10(7(2)11)8(3)12-13/h7H,5-6H2,1-4H3. The molecule has 1 aromatic heterocycles. The summed E-state index contributed by atoms with van der Waals surface area (Å²) in [6.07, 6.45) is 1.11. The lowest BCUT2D eigenvalue weighted by Crippen LogP contribution is -2.01. The fraction of sp³-hybridized carbons (Fsp3) is 0.700. The highest BCUT2D eigenvalue weighted by molar-refractivity contribution is 6.20. The van der Waals surface area contributed by atoms with Gasteiger partial charge in [0, 0.05) is 17.8 Å². The summed E-state index contributed by atoms with van der Waals surface area (Å²) in [5.41, 5.74) is 3.46. The molecule has 0 saturated carbocycles. The van der Waals surface area contributed by atoms with Crippen LogP contribution in [0.5, 0.6) is 0 Å². The van der Waals surface area contributed by atoms with Crippen LogP contribution < -0.4 is 0 Å². The van der Waals surface area contributed by atoms with Gasteiger partial charge in [0.2, 0.25) is 0 Å². The van der Waals surface area contributed by atoms with Gasteiger partial charge in [-0.1, -0.05) is 6.92 Å². The first-order valence-electron chi connectivity index (χ1n) is 4.75. The van der Waals surface area contributed by atoms with E-state index in [9.17, 15) is 0 Å². The minimum Gasteiger partial charge on any atom is -0.269 e. The van der Waals surface area contributed by atoms with Crippen molar-refractivity contribution in [2.24, 2.45) is 0 Å². The van der Waals surface area contributed by atoms with Gasteiger partial charge < -0.3 is 0 Å². The number of alkyl halides is 1. The van der Waals surface area contributed by atoms with Crippen LogP contribution in [0.3, 0.4) is 0 Å². The van der Waals surface area contributed by atoms with E-state index in [1.165, 1.54) is 11.3 Å². The Bertz CT molecular complexity index is 289. The highest BCUT2D eigenvalue weighted by Gasteiger charge is 2.14. The summed E-state index contributed by atoms with van der Waals surface area (Å²) in [5.74, 6) is 0. The van der Waals surface area contributed by atoms with Crippen molar-refractivity contribution in [1.29, 1.82) is 0 Å². The SMILES string of the molecule is CCCn1nc(C)c(C(C)Cl)c1C. The second-order valence-electron chi connectivity index (χ2n) is 3.42. The molecule has 0 aliphatic carbocycles. The Labute approximate surface area is 84.9 Å². The normalized spacial score (nSPS) is 13.3. The molecule has 0 N–H and O–H groups in total. The first-order valence-corrected chi connectivity index (χ1v) is 5.19. The summed E-state index contributed by atoms with van der Waals surface area (Å²) in [4.78, 5) is 0. The van der Waals surface area contributed by atoms with Crippen LogP contribution >= 0.6 is 11.6 Å². The van der Waals surface area contributed by atoms with E-state index in [2.05, 4.69) is 18.9 Å². The lowest BCUT2D eigenvalue weighted by atomic mass is 10.1. The number of aromatic nitrogens is 2. The van der Waals surface area contributed by atoms with Gasteiger partial charge in [-0.25, -0.2) is 0 Å². The maximum Gasteiger partial charge on any atom is 0.0643 e. The minimum atomic E-state index is 0.0607. The summed E-state index contributed by atoms with van der Waals surface area (Å²) in [5, 5.41) is 4.51. The molecule has 3 heteroatoms. The van der Waals surface area contributed by atoms with E-state index in [-0.39, 0.29) is 5.38 Å². The molecule has 1 unspecified atom stereocenters. The molecule has 0 aliphatic heterocycles. The van der Waals surface area contributed by atoms with Crippen LogP contribution in [0, 0.1) is 13.8 Å². The Balaban J connectivity index is 3.07. The van der Waals surface area contributed by atoms with E-state index in [1.807, 2.05) is 18.5 Å². The third kappa shape index (κ3) is 2.05. The van der Waals surface area contributed by atoms with Gasteiger partial charge in [-0.15, -0.1) is 11.6 Å². The molecule has 1 rings (SSSR count). The van der Waals surface area contributed by atoms with Gasteiger partial charge >= 0.3 is 0 Å². The summed E-state index contributed by atoms with van der Waals surface area (Å²) < 4.78 is 2.05. The summed E-state index contributed by atoms with van der Waals surface area (Å²) in [6.45, 7) is 9.24. The summed E-state index contributed by atoms with van der Waals surface area (Å²) in [7, 11) is 0. The minimum absolute atomic E-state index is 0.0607. The van der Waals surface area contributed by atoms with Crippen molar-refractivity contribution in [1.82, 2.24) is 9.78 Å². The molecular formula is C10H17ClN2. The fourth-order valence-corrected chi connectivity index (χ4v) is 2.03. The molecule has 0 bridgehead atoms. The fourth-order valence-electron chi connectivity index (χ4n) is 1.72. The van der Waals surface area contributed by atoms with Crippen molar-refractivity contribution in [2.45, 2.75) is 46.0 Å². The maximum absolute atomic E-state index is 6.07. The molecule has 74 valence electrons. The Morgan fingerprint density at radius 1 is 1.46 bits per heavy atom. The number of aryl methyl sites for hydroxylation is 2. The van der Waals surface area contributed by atoms with E-state index >= 15 is 0 Å². The monoisotopic (exact) mass is 200 g/mol. The zero-order valence-electron chi connectivity index (χ0n) is 8.76. The van der Waals surface area contributed by atoms with E-state index in [0.717, 1.165) is 18.7 Å². The zero-order chi connectivity index (χ0) is 10.0. The van der Waals surface area contributed by atoms with Crippen molar-refractivity contribution >= 4 is 11.6 Å². The Morgan fingerprint density at radius 2 is 2.08 bits per heavy atom. The van der Waals surface area contributed by atoms with E-state index < -0.39 is 0 Å². The van der Waals surface area contributed by atoms with Gasteiger partial charge in [-0.2, -0.15) is 5.10 Å². The second kappa shape index (κ2) is 4.14. The molecule has 0 aliphatic rings. The number of hydrogen-bond acceptors (Lipinski definition) is 1. The molecular weight excluding hydrogens is 184 g/mol. The van der Waals surface area contributed by atoms with Crippen molar-refractivity contribution in [3.8, 4) is 0 Å². The number of halogens is 1. The van der Waals surface area contributed by atoms with Gasteiger partial charge in [-0.05, 0) is 27.2 Å². The first kappa shape index (κ1) is 10.6. The third-order valence-electron chi connectivity index (χ3n) is 2.27. The highest BCUT2D eigenvalue weighted by atomic mass is 35.5. The zero-order valence-corrected chi connectivity index (χ0v) is 9.52. The van der Waals surface area contributed by atoms with Crippen molar-refractivity contribution < 1.29 is 0 Å². The topological polar surface area (TPSA) is 17.8 Å². The van der Waals surface area contributed by atoms with Gasteiger partial charge in [0.15, 0.2) is 0 Å². The van der Waals surface area contributed by atoms with Crippen LogP contribution in [0.15, 0.2) is 0 Å². The first-order chi connectivity index (χ1) is 6.07. The molecule has 2 nitrogen and oxygen atoms in total. The number of nitrogens with zero attached hydrogens (tertiary/aromatic N) is 2. The molecule has 0 radical (unpaired) electrons. The molecule has 1 aromatic rings. The Morgan fingerprint density at radius 3 is 2.46 bits per heavy atom. The van der Waals surface area contributed by atoms with Crippen LogP contribution in [0.2, 0.25) is 0 Å². The molecule has 0 amide bonds. The number of rotatable bonds is 3. The average molecular weight is 201 g/mol. The van der Waals surface area contributed by atoms with Gasteiger partial charge in [0.25, 0.3) is 0 Å². The molecule has 1 heterocycles. The quantitative estimate of drug-likeness (QED) is 0.686. The van der Waals surface area contributed by atoms with Crippen molar-refractivity contribution in [3.05, 3.63) is 17.0 Å². The second-order valence-corrected chi connectivity index (χ2v) is 4.08. The molecule has 13 heavy (non-hydrogen) atoms. The van der Waals surface area contributed by atoms with Crippen LogP contribution in [-0.4, -0.2) is 9.78 Å². The van der Waals surface area contributed by atoms with E-state index in [1.54, 1.807) is 0 Å². The van der Waals surface area contributed by atoms with Crippen LogP contribution in [-0.2, 0) is 6.54 Å². The van der Waals surface area contributed by atoms with Gasteiger partial charge in [0.05, 0.1) is 11.1 Å². The van der Waals surface area contributed by atoms with Crippen LogP contribution in [0.1, 0.15) is 42.6 Å². The van der Waals surface area contributed by atoms with Crippen LogP contribution in [0.4, 0.5) is 0 Å². The van der Waals surface area contributed by atoms with Crippen LogP contribution in [0.25, 0.3) is 0 Å². The predicted octanol–water partition coefficient (Wildman–Crippen LogP) is 3.21. The molecule has 0 saturated heterocycles. The van der Waals surface area contributed by atoms with Crippen molar-refractivity contribution in [3.63, 3.8) is 0 Å². The van der Waals surface area contributed by atoms with Gasteiger partial charge in [0.1, 0.15) is 0 Å². The van der Waals surface area contributed by atoms with Gasteiger partial charge in [-0.3, -0.25) is 4.68 Å². The maximum atomic E-state index is 6.07. The summed E-state index contributed by atoms with van der Waals surface area (Å²) in [6, 6.07) is 0. The lowest BCUT2D eigenvalue weighted by molar-refractivity contribution is 0.582.